The van der Waals surface area contributed by atoms with Crippen molar-refractivity contribution in [3.63, 3.8) is 0 Å². The molecule has 1 unspecified atom stereocenters. The molecule has 2 N–H and O–H groups in total. The molecular formula is C17H22N4O2. The third kappa shape index (κ3) is 3.40. The van der Waals surface area contributed by atoms with E-state index in [4.69, 9.17) is 10.00 Å². The number of likely N-dealkylation sites (tertiary alicyclic amines) is 1. The number of hydrogen-bond donors (Lipinski definition) is 2. The van der Waals surface area contributed by atoms with Gasteiger partial charge in [-0.1, -0.05) is 0 Å². The highest BCUT2D eigenvalue weighted by Gasteiger charge is 2.28. The standard InChI is InChI=1S/C17H22N4O2/c1-23-16-7-4-12-9-13(5-6-15(12)20-16)19-11-17(22)21-8-2-3-14(21)10-18/h5-6,9,14,16,19-20H,2-4,7-8,11H2,1H3/t14-,16?/m0/s1. The van der Waals surface area contributed by atoms with Crippen LogP contribution in [0.4, 0.5) is 11.4 Å². The highest BCUT2D eigenvalue weighted by Crippen LogP contribution is 2.27. The second-order valence-corrected chi connectivity index (χ2v) is 6.01. The molecule has 0 aromatic heterocycles. The van der Waals surface area contributed by atoms with Crippen LogP contribution in [-0.2, 0) is 16.0 Å². The van der Waals surface area contributed by atoms with Crippen LogP contribution in [0.1, 0.15) is 24.8 Å². The summed E-state index contributed by atoms with van der Waals surface area (Å²) in [4.78, 5) is 13.9. The van der Waals surface area contributed by atoms with Gasteiger partial charge in [0, 0.05) is 25.0 Å². The average molecular weight is 314 g/mol. The molecule has 23 heavy (non-hydrogen) atoms. The summed E-state index contributed by atoms with van der Waals surface area (Å²) in [5.41, 5.74) is 3.25. The lowest BCUT2D eigenvalue weighted by Crippen LogP contribution is -2.38. The molecule has 1 saturated heterocycles. The molecule has 0 spiro atoms. The van der Waals surface area contributed by atoms with Crippen LogP contribution in [0, 0.1) is 11.3 Å². The van der Waals surface area contributed by atoms with Gasteiger partial charge < -0.3 is 20.3 Å². The highest BCUT2D eigenvalue weighted by atomic mass is 16.5. The minimum Gasteiger partial charge on any atom is -0.376 e. The quantitative estimate of drug-likeness (QED) is 0.888. The van der Waals surface area contributed by atoms with Gasteiger partial charge in [-0.25, -0.2) is 0 Å². The summed E-state index contributed by atoms with van der Waals surface area (Å²) < 4.78 is 5.33. The summed E-state index contributed by atoms with van der Waals surface area (Å²) in [5, 5.41) is 15.6. The summed E-state index contributed by atoms with van der Waals surface area (Å²) >= 11 is 0. The highest BCUT2D eigenvalue weighted by molar-refractivity contribution is 5.82. The Kier molecular flexibility index (Phi) is 4.68. The number of hydrogen-bond acceptors (Lipinski definition) is 5. The number of aryl methyl sites for hydroxylation is 1. The van der Waals surface area contributed by atoms with E-state index < -0.39 is 0 Å². The SMILES string of the molecule is COC1CCc2cc(NCC(=O)N3CCC[C@H]3C#N)ccc2N1. The van der Waals surface area contributed by atoms with Crippen LogP contribution in [0.5, 0.6) is 0 Å². The van der Waals surface area contributed by atoms with E-state index in [1.54, 1.807) is 12.0 Å². The zero-order chi connectivity index (χ0) is 16.2. The Hall–Kier alpha value is -2.26. The largest absolute Gasteiger partial charge is 0.376 e. The zero-order valence-electron chi connectivity index (χ0n) is 13.3. The molecule has 0 saturated carbocycles. The Morgan fingerprint density at radius 3 is 3.17 bits per heavy atom. The van der Waals surface area contributed by atoms with Crippen LogP contribution in [-0.4, -0.2) is 43.3 Å². The van der Waals surface area contributed by atoms with E-state index in [9.17, 15) is 4.79 Å². The Labute approximate surface area is 136 Å². The van der Waals surface area contributed by atoms with E-state index in [1.807, 2.05) is 12.1 Å². The number of carbonyl (C=O) groups excluding carboxylic acids is 1. The number of amides is 1. The summed E-state index contributed by atoms with van der Waals surface area (Å²) in [6.45, 7) is 0.913. The molecule has 1 aromatic carbocycles. The number of fused-ring (bicyclic) bond motifs is 1. The van der Waals surface area contributed by atoms with Gasteiger partial charge in [0.25, 0.3) is 0 Å². The molecule has 1 aromatic rings. The number of anilines is 2. The fourth-order valence-electron chi connectivity index (χ4n) is 3.24. The van der Waals surface area contributed by atoms with Crippen LogP contribution in [0.2, 0.25) is 0 Å². The number of ether oxygens (including phenoxy) is 1. The van der Waals surface area contributed by atoms with Crippen LogP contribution in [0.3, 0.4) is 0 Å². The van der Waals surface area contributed by atoms with Crippen molar-refractivity contribution in [1.82, 2.24) is 4.90 Å². The molecule has 122 valence electrons. The molecule has 0 aliphatic carbocycles. The van der Waals surface area contributed by atoms with Crippen LogP contribution < -0.4 is 10.6 Å². The fourth-order valence-corrected chi connectivity index (χ4v) is 3.24. The minimum absolute atomic E-state index is 0.00987. The van der Waals surface area contributed by atoms with Crippen LogP contribution in [0.15, 0.2) is 18.2 Å². The van der Waals surface area contributed by atoms with Gasteiger partial charge in [-0.15, -0.1) is 0 Å². The summed E-state index contributed by atoms with van der Waals surface area (Å²) in [7, 11) is 1.71. The second-order valence-electron chi connectivity index (χ2n) is 6.01. The number of nitriles is 1. The lowest BCUT2D eigenvalue weighted by Gasteiger charge is -2.26. The van der Waals surface area contributed by atoms with Gasteiger partial charge in [-0.2, -0.15) is 5.26 Å². The van der Waals surface area contributed by atoms with Crippen molar-refractivity contribution < 1.29 is 9.53 Å². The lowest BCUT2D eigenvalue weighted by atomic mass is 10.0. The normalized spacial score (nSPS) is 22.9. The van der Waals surface area contributed by atoms with Crippen molar-refractivity contribution in [1.29, 1.82) is 5.26 Å². The van der Waals surface area contributed by atoms with E-state index in [0.29, 0.717) is 6.54 Å². The second kappa shape index (κ2) is 6.88. The molecule has 2 heterocycles. The topological polar surface area (TPSA) is 77.4 Å². The predicted octanol–water partition coefficient (Wildman–Crippen LogP) is 1.94. The first-order valence-corrected chi connectivity index (χ1v) is 8.06. The van der Waals surface area contributed by atoms with Crippen molar-refractivity contribution in [2.45, 2.75) is 38.0 Å². The Bertz CT molecular complexity index is 626. The summed E-state index contributed by atoms with van der Waals surface area (Å²) in [5.74, 6) is -0.00987. The van der Waals surface area contributed by atoms with E-state index in [2.05, 4.69) is 22.8 Å². The van der Waals surface area contributed by atoms with E-state index in [0.717, 1.165) is 37.1 Å². The molecule has 0 radical (unpaired) electrons. The summed E-state index contributed by atoms with van der Waals surface area (Å²) in [6, 6.07) is 7.99. The fraction of sp³-hybridized carbons (Fsp3) is 0.529. The first-order chi connectivity index (χ1) is 11.2. The smallest absolute Gasteiger partial charge is 0.242 e. The molecule has 3 rings (SSSR count). The number of nitrogens with zero attached hydrogens (tertiary/aromatic N) is 2. The van der Waals surface area contributed by atoms with Crippen molar-refractivity contribution in [3.8, 4) is 6.07 Å². The Morgan fingerprint density at radius 2 is 2.39 bits per heavy atom. The van der Waals surface area contributed by atoms with Gasteiger partial charge in [-0.3, -0.25) is 4.79 Å². The third-order valence-electron chi connectivity index (χ3n) is 4.55. The molecule has 2 atom stereocenters. The average Bonchev–Trinajstić information content (AvgIpc) is 3.07. The van der Waals surface area contributed by atoms with E-state index in [1.165, 1.54) is 5.56 Å². The van der Waals surface area contributed by atoms with Crippen molar-refractivity contribution >= 4 is 17.3 Å². The lowest BCUT2D eigenvalue weighted by molar-refractivity contribution is -0.129. The van der Waals surface area contributed by atoms with Gasteiger partial charge >= 0.3 is 0 Å². The van der Waals surface area contributed by atoms with Crippen molar-refractivity contribution in [2.75, 3.05) is 30.8 Å². The first kappa shape index (κ1) is 15.6. The zero-order valence-corrected chi connectivity index (χ0v) is 13.3. The maximum absolute atomic E-state index is 12.2. The minimum atomic E-state index is -0.261. The number of nitrogens with one attached hydrogen (secondary N) is 2. The van der Waals surface area contributed by atoms with Gasteiger partial charge in [0.15, 0.2) is 0 Å². The number of rotatable bonds is 4. The van der Waals surface area contributed by atoms with E-state index >= 15 is 0 Å². The van der Waals surface area contributed by atoms with E-state index in [-0.39, 0.29) is 24.7 Å². The van der Waals surface area contributed by atoms with Gasteiger partial charge in [0.1, 0.15) is 12.3 Å². The van der Waals surface area contributed by atoms with Gasteiger partial charge in [-0.05, 0) is 49.4 Å². The first-order valence-electron chi connectivity index (χ1n) is 8.06. The van der Waals surface area contributed by atoms with Crippen LogP contribution >= 0.6 is 0 Å². The molecule has 1 amide bonds. The molecule has 6 nitrogen and oxygen atoms in total. The van der Waals surface area contributed by atoms with Crippen molar-refractivity contribution in [3.05, 3.63) is 23.8 Å². The molecular weight excluding hydrogens is 292 g/mol. The monoisotopic (exact) mass is 314 g/mol. The molecule has 2 aliphatic rings. The van der Waals surface area contributed by atoms with Gasteiger partial charge in [0.05, 0.1) is 12.6 Å². The van der Waals surface area contributed by atoms with Gasteiger partial charge in [0.2, 0.25) is 5.91 Å². The van der Waals surface area contributed by atoms with Crippen molar-refractivity contribution in [2.24, 2.45) is 0 Å². The third-order valence-corrected chi connectivity index (χ3v) is 4.55. The maximum atomic E-state index is 12.2. The predicted molar refractivity (Wildman–Crippen MR) is 88.0 cm³/mol. The van der Waals surface area contributed by atoms with Crippen LogP contribution in [0.25, 0.3) is 0 Å². The molecule has 0 bridgehead atoms. The molecule has 1 fully saturated rings. The number of benzene rings is 1. The number of methoxy groups -OCH3 is 1. The Balaban J connectivity index is 1.59. The Morgan fingerprint density at radius 1 is 1.52 bits per heavy atom. The summed E-state index contributed by atoms with van der Waals surface area (Å²) in [6.07, 6.45) is 3.65. The molecule has 6 heteroatoms. The maximum Gasteiger partial charge on any atom is 0.242 e. The number of carbonyl (C=O) groups is 1. The molecule has 2 aliphatic heterocycles.